The molecule has 0 aliphatic heterocycles. The van der Waals surface area contributed by atoms with Crippen LogP contribution in [0.4, 0.5) is 0 Å². The Morgan fingerprint density at radius 2 is 2.37 bits per heavy atom. The molecule has 0 aliphatic carbocycles. The zero-order chi connectivity index (χ0) is 14.1. The molecule has 104 valence electrons. The molecule has 0 amide bonds. The zero-order valence-corrected chi connectivity index (χ0v) is 11.6. The summed E-state index contributed by atoms with van der Waals surface area (Å²) in [5, 5.41) is 17.0. The number of hydrogen-bond acceptors (Lipinski definition) is 4. The smallest absolute Gasteiger partial charge is 0.204 e. The molecule has 0 spiro atoms. The van der Waals surface area contributed by atoms with Crippen LogP contribution in [-0.2, 0) is 6.54 Å². The number of aromatic nitrogens is 2. The van der Waals surface area contributed by atoms with Gasteiger partial charge >= 0.3 is 0 Å². The molecule has 0 atom stereocenters. The Bertz CT molecular complexity index is 441. The van der Waals surface area contributed by atoms with Crippen LogP contribution in [0.5, 0.6) is 0 Å². The summed E-state index contributed by atoms with van der Waals surface area (Å²) in [4.78, 5) is 11.6. The second kappa shape index (κ2) is 8.11. The fourth-order valence-electron chi connectivity index (χ4n) is 1.66. The Morgan fingerprint density at radius 1 is 1.58 bits per heavy atom. The van der Waals surface area contributed by atoms with E-state index < -0.39 is 0 Å². The molecule has 1 aromatic heterocycles. The highest BCUT2D eigenvalue weighted by atomic mass is 15.2. The van der Waals surface area contributed by atoms with Gasteiger partial charge in [0.2, 0.25) is 5.96 Å². The third-order valence-corrected chi connectivity index (χ3v) is 2.59. The lowest BCUT2D eigenvalue weighted by atomic mass is 10.1. The van der Waals surface area contributed by atoms with Crippen molar-refractivity contribution < 1.29 is 0 Å². The van der Waals surface area contributed by atoms with Gasteiger partial charge in [-0.05, 0) is 5.92 Å². The first kappa shape index (κ1) is 15.0. The number of H-pyrrole nitrogens is 1. The Kier molecular flexibility index (Phi) is 6.39. The maximum atomic E-state index is 8.47. The third kappa shape index (κ3) is 4.97. The quantitative estimate of drug-likeness (QED) is 0.194. The fraction of sp³-hybridized carbons (Fsp3) is 0.583. The molecule has 0 aromatic carbocycles. The second-order valence-electron chi connectivity index (χ2n) is 4.31. The molecule has 0 saturated carbocycles. The first-order chi connectivity index (χ1) is 9.19. The lowest BCUT2D eigenvalue weighted by molar-refractivity contribution is 0.670. The van der Waals surface area contributed by atoms with E-state index in [1.807, 2.05) is 6.19 Å². The minimum absolute atomic E-state index is 0.438. The number of aromatic amines is 1. The predicted molar refractivity (Wildman–Crippen MR) is 74.5 cm³/mol. The minimum atomic E-state index is 0.438. The molecule has 0 radical (unpaired) electrons. The maximum Gasteiger partial charge on any atom is 0.204 e. The first-order valence-corrected chi connectivity index (χ1v) is 6.29. The van der Waals surface area contributed by atoms with Crippen LogP contribution in [0.2, 0.25) is 0 Å². The highest BCUT2D eigenvalue weighted by molar-refractivity contribution is 5.80. The van der Waals surface area contributed by atoms with Gasteiger partial charge in [-0.25, -0.2) is 4.98 Å². The average Bonchev–Trinajstić information content (AvgIpc) is 2.85. The largest absolute Gasteiger partial charge is 0.359 e. The molecule has 0 unspecified atom stereocenters. The minimum Gasteiger partial charge on any atom is -0.359 e. The van der Waals surface area contributed by atoms with Crippen molar-refractivity contribution in [3.05, 3.63) is 17.7 Å². The second-order valence-corrected chi connectivity index (χ2v) is 4.31. The van der Waals surface area contributed by atoms with Crippen molar-refractivity contribution in [2.24, 2.45) is 4.99 Å². The van der Waals surface area contributed by atoms with Gasteiger partial charge in [0.15, 0.2) is 6.19 Å². The lowest BCUT2D eigenvalue weighted by Gasteiger charge is -2.07. The third-order valence-electron chi connectivity index (χ3n) is 2.59. The number of rotatable bonds is 6. The average molecular weight is 263 g/mol. The summed E-state index contributed by atoms with van der Waals surface area (Å²) in [6.45, 7) is 6.30. The van der Waals surface area contributed by atoms with E-state index in [1.54, 1.807) is 13.4 Å². The van der Waals surface area contributed by atoms with Crippen LogP contribution in [0.3, 0.4) is 0 Å². The van der Waals surface area contributed by atoms with Crippen LogP contribution in [0, 0.1) is 11.5 Å². The molecule has 4 N–H and O–H groups in total. The van der Waals surface area contributed by atoms with Gasteiger partial charge in [-0.15, -0.1) is 0 Å². The summed E-state index contributed by atoms with van der Waals surface area (Å²) in [7, 11) is 1.72. The molecule has 1 aromatic rings. The van der Waals surface area contributed by atoms with E-state index >= 15 is 0 Å². The maximum absolute atomic E-state index is 8.47. The molecular weight excluding hydrogens is 242 g/mol. The summed E-state index contributed by atoms with van der Waals surface area (Å²) in [5.74, 6) is 0.917. The Hall–Kier alpha value is -2.07. The van der Waals surface area contributed by atoms with Crippen molar-refractivity contribution in [1.29, 1.82) is 5.26 Å². The van der Waals surface area contributed by atoms with E-state index in [9.17, 15) is 0 Å². The van der Waals surface area contributed by atoms with Crippen LogP contribution in [0.25, 0.3) is 0 Å². The molecule has 7 nitrogen and oxygen atoms in total. The van der Waals surface area contributed by atoms with E-state index in [-0.39, 0.29) is 0 Å². The highest BCUT2D eigenvalue weighted by Crippen LogP contribution is 2.14. The summed E-state index contributed by atoms with van der Waals surface area (Å²) < 4.78 is 0. The molecule has 1 rings (SSSR count). The number of nitrogens with one attached hydrogen (secondary N) is 4. The van der Waals surface area contributed by atoms with E-state index in [4.69, 9.17) is 5.26 Å². The number of nitriles is 1. The molecular formula is C12H21N7. The van der Waals surface area contributed by atoms with Gasteiger partial charge in [-0.2, -0.15) is 5.26 Å². The Labute approximate surface area is 113 Å². The van der Waals surface area contributed by atoms with Gasteiger partial charge in [0.25, 0.3) is 0 Å². The Morgan fingerprint density at radius 3 is 3.00 bits per heavy atom. The molecule has 0 bridgehead atoms. The van der Waals surface area contributed by atoms with E-state index in [2.05, 4.69) is 44.8 Å². The SMILES string of the molecule is CNC(=NCCNCc1nc[nH]c1C(C)C)NC#N. The number of nitrogens with zero attached hydrogens (tertiary/aromatic N) is 3. The van der Waals surface area contributed by atoms with Crippen LogP contribution >= 0.6 is 0 Å². The van der Waals surface area contributed by atoms with Gasteiger partial charge in [-0.1, -0.05) is 13.8 Å². The van der Waals surface area contributed by atoms with Crippen molar-refractivity contribution in [2.75, 3.05) is 20.1 Å². The van der Waals surface area contributed by atoms with Gasteiger partial charge in [0, 0.05) is 25.8 Å². The molecule has 1 heterocycles. The number of hydrogen-bond donors (Lipinski definition) is 4. The fourth-order valence-corrected chi connectivity index (χ4v) is 1.66. The first-order valence-electron chi connectivity index (χ1n) is 6.29. The number of aliphatic imine (C=N–C) groups is 1. The van der Waals surface area contributed by atoms with Gasteiger partial charge < -0.3 is 15.6 Å². The van der Waals surface area contributed by atoms with Crippen LogP contribution in [0.1, 0.15) is 31.2 Å². The van der Waals surface area contributed by atoms with Crippen molar-refractivity contribution in [3.63, 3.8) is 0 Å². The van der Waals surface area contributed by atoms with Crippen LogP contribution in [0.15, 0.2) is 11.3 Å². The number of imidazole rings is 1. The summed E-state index contributed by atoms with van der Waals surface area (Å²) in [6, 6.07) is 0. The Balaban J connectivity index is 2.31. The van der Waals surface area contributed by atoms with Crippen molar-refractivity contribution in [2.45, 2.75) is 26.3 Å². The topological polar surface area (TPSA) is 101 Å². The number of guanidine groups is 1. The van der Waals surface area contributed by atoms with Crippen molar-refractivity contribution in [1.82, 2.24) is 25.9 Å². The van der Waals surface area contributed by atoms with Gasteiger partial charge in [-0.3, -0.25) is 10.3 Å². The van der Waals surface area contributed by atoms with E-state index in [0.717, 1.165) is 17.9 Å². The molecule has 0 fully saturated rings. The van der Waals surface area contributed by atoms with E-state index in [0.29, 0.717) is 25.0 Å². The summed E-state index contributed by atoms with van der Waals surface area (Å²) >= 11 is 0. The van der Waals surface area contributed by atoms with Crippen molar-refractivity contribution in [3.8, 4) is 6.19 Å². The lowest BCUT2D eigenvalue weighted by Crippen LogP contribution is -2.32. The molecule has 7 heteroatoms. The van der Waals surface area contributed by atoms with Crippen molar-refractivity contribution >= 4 is 5.96 Å². The molecule has 19 heavy (non-hydrogen) atoms. The molecule has 0 aliphatic rings. The van der Waals surface area contributed by atoms with Crippen LogP contribution < -0.4 is 16.0 Å². The summed E-state index contributed by atoms with van der Waals surface area (Å²) in [5.41, 5.74) is 2.21. The molecule has 0 saturated heterocycles. The monoisotopic (exact) mass is 263 g/mol. The zero-order valence-electron chi connectivity index (χ0n) is 11.6. The highest BCUT2D eigenvalue weighted by Gasteiger charge is 2.08. The standard InChI is InChI=1S/C12H21N7/c1-9(2)11-10(18-8-19-11)6-15-4-5-16-12(14-3)17-7-13/h8-9,15H,4-6H2,1-3H3,(H,18,19)(H2,14,16,17). The van der Waals surface area contributed by atoms with Gasteiger partial charge in [0.1, 0.15) is 0 Å². The summed E-state index contributed by atoms with van der Waals surface area (Å²) in [6.07, 6.45) is 3.55. The van der Waals surface area contributed by atoms with E-state index in [1.165, 1.54) is 0 Å². The predicted octanol–water partition coefficient (Wildman–Crippen LogP) is 0.269. The van der Waals surface area contributed by atoms with Crippen LogP contribution in [-0.4, -0.2) is 36.1 Å². The normalized spacial score (nSPS) is 11.4. The van der Waals surface area contributed by atoms with Gasteiger partial charge in [0.05, 0.1) is 18.6 Å².